The molecule has 0 bridgehead atoms. The molecule has 1 saturated carbocycles. The van der Waals surface area contributed by atoms with Crippen LogP contribution in [0.5, 0.6) is 0 Å². The number of rotatable bonds is 3. The molecule has 5 nitrogen and oxygen atoms in total. The van der Waals surface area contributed by atoms with Crippen LogP contribution < -0.4 is 0 Å². The van der Waals surface area contributed by atoms with Gasteiger partial charge in [-0.25, -0.2) is 8.42 Å². The lowest BCUT2D eigenvalue weighted by atomic mass is 10.1. The van der Waals surface area contributed by atoms with Crippen LogP contribution in [0.3, 0.4) is 0 Å². The molecule has 1 aliphatic carbocycles. The molecular weight excluding hydrogens is 298 g/mol. The molecule has 0 unspecified atom stereocenters. The molecule has 0 atom stereocenters. The largest absolute Gasteiger partial charge is 0.296 e. The van der Waals surface area contributed by atoms with Crippen molar-refractivity contribution in [1.82, 2.24) is 14.8 Å². The molecule has 7 heteroatoms. The first-order valence-electron chi connectivity index (χ1n) is 6.35. The quantitative estimate of drug-likeness (QED) is 0.818. The molecule has 0 spiro atoms. The lowest BCUT2D eigenvalue weighted by Crippen LogP contribution is -2.06. The molecule has 0 saturated heterocycles. The van der Waals surface area contributed by atoms with Crippen LogP contribution in [0.4, 0.5) is 0 Å². The summed E-state index contributed by atoms with van der Waals surface area (Å²) in [5.74, 6) is 0.573. The van der Waals surface area contributed by atoms with Crippen molar-refractivity contribution < 1.29 is 8.42 Å². The Morgan fingerprint density at radius 3 is 2.50 bits per heavy atom. The van der Waals surface area contributed by atoms with Crippen LogP contribution in [0.2, 0.25) is 0 Å². The van der Waals surface area contributed by atoms with Crippen molar-refractivity contribution in [2.75, 3.05) is 0 Å². The first-order chi connectivity index (χ1) is 9.38. The fourth-order valence-corrected chi connectivity index (χ4v) is 3.28. The predicted molar refractivity (Wildman–Crippen MR) is 76.2 cm³/mol. The first-order valence-corrected chi connectivity index (χ1v) is 8.66. The van der Waals surface area contributed by atoms with Crippen LogP contribution in [0.1, 0.15) is 30.0 Å². The zero-order chi connectivity index (χ0) is 14.5. The Morgan fingerprint density at radius 2 is 1.95 bits per heavy atom. The van der Waals surface area contributed by atoms with E-state index in [0.717, 1.165) is 29.5 Å². The summed E-state index contributed by atoms with van der Waals surface area (Å²) >= 11 is 0. The van der Waals surface area contributed by atoms with E-state index < -0.39 is 9.05 Å². The highest BCUT2D eigenvalue weighted by molar-refractivity contribution is 8.13. The molecule has 1 aliphatic rings. The minimum absolute atomic E-state index is 0.129. The van der Waals surface area contributed by atoms with Crippen LogP contribution >= 0.6 is 10.7 Å². The maximum atomic E-state index is 11.6. The van der Waals surface area contributed by atoms with Crippen LogP contribution in [0, 0.1) is 13.8 Å². The van der Waals surface area contributed by atoms with E-state index in [1.807, 2.05) is 32.0 Å². The summed E-state index contributed by atoms with van der Waals surface area (Å²) in [5, 5.41) is 7.68. The van der Waals surface area contributed by atoms with E-state index in [1.54, 1.807) is 4.57 Å². The Balaban J connectivity index is 2.22. The second-order valence-electron chi connectivity index (χ2n) is 5.16. The van der Waals surface area contributed by atoms with E-state index in [0.29, 0.717) is 5.82 Å². The summed E-state index contributed by atoms with van der Waals surface area (Å²) in [4.78, 5) is 0. The summed E-state index contributed by atoms with van der Waals surface area (Å²) in [7, 11) is 1.57. The Morgan fingerprint density at radius 1 is 1.25 bits per heavy atom. The van der Waals surface area contributed by atoms with Gasteiger partial charge in [0, 0.05) is 22.3 Å². The number of aryl methyl sites for hydroxylation is 2. The van der Waals surface area contributed by atoms with Crippen molar-refractivity contribution >= 4 is 19.7 Å². The lowest BCUT2D eigenvalue weighted by Gasteiger charge is -2.10. The smallest absolute Gasteiger partial charge is 0.294 e. The molecule has 2 aromatic rings. The zero-order valence-electron chi connectivity index (χ0n) is 11.2. The summed E-state index contributed by atoms with van der Waals surface area (Å²) in [6.07, 6.45) is 1.85. The molecule has 3 rings (SSSR count). The third-order valence-corrected chi connectivity index (χ3v) is 4.55. The Labute approximate surface area is 122 Å². The average molecular weight is 312 g/mol. The van der Waals surface area contributed by atoms with E-state index in [1.165, 1.54) is 0 Å². The van der Waals surface area contributed by atoms with Crippen molar-refractivity contribution in [3.8, 4) is 11.4 Å². The highest BCUT2D eigenvalue weighted by Gasteiger charge is 2.34. The zero-order valence-corrected chi connectivity index (χ0v) is 12.7. The minimum atomic E-state index is -3.89. The molecule has 1 aromatic carbocycles. The molecule has 1 fully saturated rings. The minimum Gasteiger partial charge on any atom is -0.294 e. The summed E-state index contributed by atoms with van der Waals surface area (Å²) in [5.41, 5.74) is 3.08. The molecule has 0 aliphatic heterocycles. The van der Waals surface area contributed by atoms with Gasteiger partial charge < -0.3 is 0 Å². The van der Waals surface area contributed by atoms with Crippen molar-refractivity contribution in [3.05, 3.63) is 29.3 Å². The monoisotopic (exact) mass is 311 g/mol. The first kappa shape index (κ1) is 13.6. The molecule has 106 valence electrons. The molecule has 1 aromatic heterocycles. The van der Waals surface area contributed by atoms with E-state index in [2.05, 4.69) is 10.2 Å². The number of aromatic nitrogens is 3. The molecule has 0 amide bonds. The standard InChI is InChI=1S/C13H14ClN3O2S/c1-8-3-6-11(9(2)7-8)12-15-16-13(20(14,18)19)17(12)10-4-5-10/h3,6-7,10H,4-5H2,1-2H3. The van der Waals surface area contributed by atoms with Gasteiger partial charge in [-0.2, -0.15) is 0 Å². The van der Waals surface area contributed by atoms with E-state index >= 15 is 0 Å². The highest BCUT2D eigenvalue weighted by Crippen LogP contribution is 2.40. The molecular formula is C13H14ClN3O2S. The van der Waals surface area contributed by atoms with Gasteiger partial charge in [0.15, 0.2) is 5.82 Å². The number of nitrogens with zero attached hydrogens (tertiary/aromatic N) is 3. The second kappa shape index (κ2) is 4.56. The normalized spacial score (nSPS) is 15.6. The van der Waals surface area contributed by atoms with Crippen molar-refractivity contribution in [1.29, 1.82) is 0 Å². The van der Waals surface area contributed by atoms with Crippen LogP contribution in [0.15, 0.2) is 23.4 Å². The summed E-state index contributed by atoms with van der Waals surface area (Å²) < 4.78 is 24.9. The van der Waals surface area contributed by atoms with Gasteiger partial charge in [-0.1, -0.05) is 23.8 Å². The molecule has 20 heavy (non-hydrogen) atoms. The van der Waals surface area contributed by atoms with E-state index in [4.69, 9.17) is 10.7 Å². The molecule has 0 N–H and O–H groups in total. The van der Waals surface area contributed by atoms with Crippen LogP contribution in [0.25, 0.3) is 11.4 Å². The van der Waals surface area contributed by atoms with Crippen LogP contribution in [-0.4, -0.2) is 23.2 Å². The third kappa shape index (κ3) is 2.33. The van der Waals surface area contributed by atoms with Gasteiger partial charge in [0.1, 0.15) is 0 Å². The highest BCUT2D eigenvalue weighted by atomic mass is 35.7. The maximum Gasteiger partial charge on any atom is 0.296 e. The van der Waals surface area contributed by atoms with Crippen molar-refractivity contribution in [3.63, 3.8) is 0 Å². The topological polar surface area (TPSA) is 64.8 Å². The van der Waals surface area contributed by atoms with E-state index in [9.17, 15) is 8.42 Å². The van der Waals surface area contributed by atoms with Gasteiger partial charge in [-0.15, -0.1) is 10.2 Å². The van der Waals surface area contributed by atoms with Crippen molar-refractivity contribution in [2.45, 2.75) is 37.9 Å². The molecule has 0 radical (unpaired) electrons. The molecule has 1 heterocycles. The number of benzene rings is 1. The fourth-order valence-electron chi connectivity index (χ4n) is 2.35. The lowest BCUT2D eigenvalue weighted by molar-refractivity contribution is 0.579. The number of hydrogen-bond donors (Lipinski definition) is 0. The summed E-state index contributed by atoms with van der Waals surface area (Å²) in [6, 6.07) is 6.08. The van der Waals surface area contributed by atoms with Gasteiger partial charge in [0.05, 0.1) is 0 Å². The Kier molecular flexibility index (Phi) is 3.10. The van der Waals surface area contributed by atoms with Gasteiger partial charge >= 0.3 is 0 Å². The van der Waals surface area contributed by atoms with Crippen molar-refractivity contribution in [2.24, 2.45) is 0 Å². The number of halogens is 1. The summed E-state index contributed by atoms with van der Waals surface area (Å²) in [6.45, 7) is 3.99. The average Bonchev–Trinajstić information content (AvgIpc) is 3.07. The SMILES string of the molecule is Cc1ccc(-c2nnc(S(=O)(=O)Cl)n2C2CC2)c(C)c1. The Bertz CT molecular complexity index is 779. The van der Waals surface area contributed by atoms with Gasteiger partial charge in [0.25, 0.3) is 14.2 Å². The van der Waals surface area contributed by atoms with Gasteiger partial charge in [-0.3, -0.25) is 4.57 Å². The van der Waals surface area contributed by atoms with Crippen LogP contribution in [-0.2, 0) is 9.05 Å². The third-order valence-electron chi connectivity index (χ3n) is 3.42. The number of hydrogen-bond acceptors (Lipinski definition) is 4. The predicted octanol–water partition coefficient (Wildman–Crippen LogP) is 2.82. The van der Waals surface area contributed by atoms with Gasteiger partial charge in [0.2, 0.25) is 0 Å². The second-order valence-corrected chi connectivity index (χ2v) is 7.62. The Hall–Kier alpha value is -1.40. The fraction of sp³-hybridized carbons (Fsp3) is 0.385. The maximum absolute atomic E-state index is 11.6. The van der Waals surface area contributed by atoms with Gasteiger partial charge in [-0.05, 0) is 32.3 Å². The van der Waals surface area contributed by atoms with E-state index in [-0.39, 0.29) is 11.2 Å².